The van der Waals surface area contributed by atoms with Crippen molar-refractivity contribution in [3.63, 3.8) is 0 Å². The number of halogens is 1. The maximum Gasteiger partial charge on any atom is 0.255 e. The molecule has 0 aliphatic carbocycles. The van der Waals surface area contributed by atoms with E-state index in [-0.39, 0.29) is 11.5 Å². The van der Waals surface area contributed by atoms with E-state index in [1.807, 2.05) is 0 Å². The Morgan fingerprint density at radius 3 is 3.15 bits per heavy atom. The summed E-state index contributed by atoms with van der Waals surface area (Å²) in [7, 11) is 0. The summed E-state index contributed by atoms with van der Waals surface area (Å²) in [4.78, 5) is 11.3. The average molecular weight is 181 g/mol. The van der Waals surface area contributed by atoms with Gasteiger partial charge in [-0.25, -0.2) is 4.39 Å². The minimum Gasteiger partial charge on any atom is -0.491 e. The summed E-state index contributed by atoms with van der Waals surface area (Å²) < 4.78 is 18.0. The van der Waals surface area contributed by atoms with Crippen molar-refractivity contribution in [1.29, 1.82) is 0 Å². The number of benzene rings is 1. The molecule has 1 aliphatic rings. The van der Waals surface area contributed by atoms with E-state index in [2.05, 4.69) is 5.32 Å². The second-order valence-corrected chi connectivity index (χ2v) is 2.74. The smallest absolute Gasteiger partial charge is 0.255 e. The Morgan fingerprint density at radius 1 is 1.46 bits per heavy atom. The average Bonchev–Trinajstić information content (AvgIpc) is 2.29. The van der Waals surface area contributed by atoms with Gasteiger partial charge >= 0.3 is 0 Å². The van der Waals surface area contributed by atoms with E-state index >= 15 is 0 Å². The summed E-state index contributed by atoms with van der Waals surface area (Å²) in [6.45, 7) is 0.875. The number of carbonyl (C=O) groups is 1. The third-order valence-electron chi connectivity index (χ3n) is 1.83. The predicted octanol–water partition coefficient (Wildman–Crippen LogP) is 0.948. The fraction of sp³-hybridized carbons (Fsp3) is 0.222. The van der Waals surface area contributed by atoms with Crippen LogP contribution < -0.4 is 10.1 Å². The molecule has 1 N–H and O–H groups in total. The van der Waals surface area contributed by atoms with Crippen LogP contribution in [-0.4, -0.2) is 19.1 Å². The normalized spacial score (nSPS) is 15.3. The molecule has 1 aliphatic heterocycles. The van der Waals surface area contributed by atoms with Gasteiger partial charge in [0, 0.05) is 0 Å². The van der Waals surface area contributed by atoms with E-state index in [1.165, 1.54) is 18.2 Å². The maximum absolute atomic E-state index is 12.8. The zero-order chi connectivity index (χ0) is 9.26. The zero-order valence-corrected chi connectivity index (χ0v) is 6.84. The van der Waals surface area contributed by atoms with E-state index in [0.29, 0.717) is 18.9 Å². The second kappa shape index (κ2) is 3.05. The van der Waals surface area contributed by atoms with E-state index in [0.717, 1.165) is 0 Å². The number of hydrogen-bond acceptors (Lipinski definition) is 2. The van der Waals surface area contributed by atoms with Crippen molar-refractivity contribution < 1.29 is 13.9 Å². The Labute approximate surface area is 74.5 Å². The molecule has 0 spiro atoms. The fourth-order valence-electron chi connectivity index (χ4n) is 1.23. The van der Waals surface area contributed by atoms with Gasteiger partial charge < -0.3 is 10.1 Å². The number of nitrogens with one attached hydrogen (secondary N) is 1. The third-order valence-corrected chi connectivity index (χ3v) is 1.83. The standard InChI is InChI=1S/C9H8FNO2/c10-6-1-2-8-7(5-6)9(12)11-3-4-13-8/h1-2,5H,3-4H2,(H,11,12). The van der Waals surface area contributed by atoms with Crippen LogP contribution >= 0.6 is 0 Å². The second-order valence-electron chi connectivity index (χ2n) is 2.74. The van der Waals surface area contributed by atoms with Crippen LogP contribution in [0, 0.1) is 5.82 Å². The van der Waals surface area contributed by atoms with Crippen LogP contribution in [0.3, 0.4) is 0 Å². The molecular weight excluding hydrogens is 173 g/mol. The molecule has 0 radical (unpaired) electrons. The minimum absolute atomic E-state index is 0.262. The summed E-state index contributed by atoms with van der Waals surface area (Å²) in [6, 6.07) is 3.92. The lowest BCUT2D eigenvalue weighted by Crippen LogP contribution is -2.24. The lowest BCUT2D eigenvalue weighted by atomic mass is 10.2. The molecule has 0 fully saturated rings. The van der Waals surface area contributed by atoms with Crippen LogP contribution in [0.5, 0.6) is 5.75 Å². The molecule has 1 amide bonds. The van der Waals surface area contributed by atoms with Gasteiger partial charge in [0.2, 0.25) is 0 Å². The molecule has 1 heterocycles. The first kappa shape index (κ1) is 8.04. The molecule has 0 unspecified atom stereocenters. The molecular formula is C9H8FNO2. The highest BCUT2D eigenvalue weighted by Crippen LogP contribution is 2.20. The van der Waals surface area contributed by atoms with Crippen molar-refractivity contribution in [3.05, 3.63) is 29.6 Å². The minimum atomic E-state index is -0.431. The van der Waals surface area contributed by atoms with Crippen LogP contribution in [-0.2, 0) is 0 Å². The Morgan fingerprint density at radius 2 is 2.31 bits per heavy atom. The molecule has 2 rings (SSSR count). The molecule has 0 saturated carbocycles. The molecule has 3 nitrogen and oxygen atoms in total. The highest BCUT2D eigenvalue weighted by molar-refractivity contribution is 5.97. The van der Waals surface area contributed by atoms with Crippen LogP contribution in [0.25, 0.3) is 0 Å². The highest BCUT2D eigenvalue weighted by Gasteiger charge is 2.16. The first-order valence-electron chi connectivity index (χ1n) is 3.98. The number of rotatable bonds is 0. The van der Waals surface area contributed by atoms with Crippen molar-refractivity contribution in [2.24, 2.45) is 0 Å². The Balaban J connectivity index is 2.49. The summed E-state index contributed by atoms with van der Waals surface area (Å²) in [5.74, 6) is -0.275. The quantitative estimate of drug-likeness (QED) is 0.647. The van der Waals surface area contributed by atoms with Gasteiger partial charge in [0.25, 0.3) is 5.91 Å². The zero-order valence-electron chi connectivity index (χ0n) is 6.84. The van der Waals surface area contributed by atoms with Crippen molar-refractivity contribution in [1.82, 2.24) is 5.32 Å². The summed E-state index contributed by atoms with van der Waals surface area (Å²) in [5, 5.41) is 2.60. The Hall–Kier alpha value is -1.58. The number of hydrogen-bond donors (Lipinski definition) is 1. The first-order valence-corrected chi connectivity index (χ1v) is 3.98. The lowest BCUT2D eigenvalue weighted by Gasteiger charge is -2.03. The Kier molecular flexibility index (Phi) is 1.88. The number of fused-ring (bicyclic) bond motifs is 1. The largest absolute Gasteiger partial charge is 0.491 e. The van der Waals surface area contributed by atoms with Gasteiger partial charge in [0.15, 0.2) is 0 Å². The molecule has 1 aromatic carbocycles. The van der Waals surface area contributed by atoms with Gasteiger partial charge in [-0.2, -0.15) is 0 Å². The molecule has 0 aromatic heterocycles. The monoisotopic (exact) mass is 181 g/mol. The van der Waals surface area contributed by atoms with Gasteiger partial charge in [-0.05, 0) is 18.2 Å². The van der Waals surface area contributed by atoms with E-state index in [9.17, 15) is 9.18 Å². The van der Waals surface area contributed by atoms with Crippen LogP contribution in [0.1, 0.15) is 10.4 Å². The van der Waals surface area contributed by atoms with Crippen LogP contribution in [0.4, 0.5) is 4.39 Å². The number of amides is 1. The van der Waals surface area contributed by atoms with E-state index in [1.54, 1.807) is 0 Å². The Bertz CT molecular complexity index is 351. The first-order chi connectivity index (χ1) is 6.27. The summed E-state index contributed by atoms with van der Waals surface area (Å²) in [6.07, 6.45) is 0. The maximum atomic E-state index is 12.8. The van der Waals surface area contributed by atoms with Gasteiger partial charge in [0.05, 0.1) is 12.1 Å². The van der Waals surface area contributed by atoms with Gasteiger partial charge in [-0.1, -0.05) is 0 Å². The molecule has 0 bridgehead atoms. The lowest BCUT2D eigenvalue weighted by molar-refractivity contribution is 0.0956. The molecule has 0 atom stereocenters. The molecule has 4 heteroatoms. The summed E-state index contributed by atoms with van der Waals surface area (Å²) in [5.41, 5.74) is 0.262. The van der Waals surface area contributed by atoms with Crippen LogP contribution in [0.15, 0.2) is 18.2 Å². The van der Waals surface area contributed by atoms with Crippen molar-refractivity contribution in [3.8, 4) is 5.75 Å². The fourth-order valence-corrected chi connectivity index (χ4v) is 1.23. The number of ether oxygens (including phenoxy) is 1. The molecule has 0 saturated heterocycles. The van der Waals surface area contributed by atoms with E-state index < -0.39 is 5.82 Å². The topological polar surface area (TPSA) is 38.3 Å². The van der Waals surface area contributed by atoms with Crippen molar-refractivity contribution >= 4 is 5.91 Å². The third kappa shape index (κ3) is 1.47. The number of carbonyl (C=O) groups excluding carboxylic acids is 1. The van der Waals surface area contributed by atoms with Crippen LogP contribution in [0.2, 0.25) is 0 Å². The van der Waals surface area contributed by atoms with Gasteiger partial charge in [0.1, 0.15) is 18.2 Å². The predicted molar refractivity (Wildman–Crippen MR) is 44.2 cm³/mol. The van der Waals surface area contributed by atoms with Gasteiger partial charge in [-0.3, -0.25) is 4.79 Å². The molecule has 1 aromatic rings. The highest BCUT2D eigenvalue weighted by atomic mass is 19.1. The summed E-state index contributed by atoms with van der Waals surface area (Å²) >= 11 is 0. The van der Waals surface area contributed by atoms with Gasteiger partial charge in [-0.15, -0.1) is 0 Å². The van der Waals surface area contributed by atoms with E-state index in [4.69, 9.17) is 4.74 Å². The SMILES string of the molecule is O=C1NCCOc2ccc(F)cc21. The van der Waals surface area contributed by atoms with Crippen molar-refractivity contribution in [2.75, 3.05) is 13.2 Å². The van der Waals surface area contributed by atoms with Crippen molar-refractivity contribution in [2.45, 2.75) is 0 Å². The molecule has 13 heavy (non-hydrogen) atoms. The molecule has 68 valence electrons.